The van der Waals surface area contributed by atoms with Crippen molar-refractivity contribution in [2.75, 3.05) is 0 Å². The predicted octanol–water partition coefficient (Wildman–Crippen LogP) is 9.72. The van der Waals surface area contributed by atoms with Crippen LogP contribution < -0.4 is 0 Å². The Morgan fingerprint density at radius 3 is 1.96 bits per heavy atom. The average Bonchev–Trinajstić information content (AvgIpc) is 3.29. The highest BCUT2D eigenvalue weighted by Gasteiger charge is 2.56. The summed E-state index contributed by atoms with van der Waals surface area (Å²) in [5.74, 6) is -0.750. The van der Waals surface area contributed by atoms with Crippen LogP contribution in [0.2, 0.25) is 36.3 Å². The lowest BCUT2D eigenvalue weighted by molar-refractivity contribution is -0.0795. The maximum absolute atomic E-state index is 14.7. The van der Waals surface area contributed by atoms with Crippen LogP contribution >= 0.6 is 0 Å². The number of benzene rings is 1. The number of aliphatic hydroxyl groups is 1. The topological polar surface area (TPSA) is 112 Å². The molecule has 7 atom stereocenters. The molecule has 1 N–H and O–H groups in total. The Balaban J connectivity index is 2.87. The van der Waals surface area contributed by atoms with Crippen LogP contribution in [0.15, 0.2) is 46.9 Å². The average molecular weight is 784 g/mol. The highest BCUT2D eigenvalue weighted by Crippen LogP contribution is 2.42. The Kier molecular flexibility index (Phi) is 15.7. The third-order valence-corrected chi connectivity index (χ3v) is 22.6. The third-order valence-electron chi connectivity index (χ3n) is 11.5. The molecular formula is C40H73NO8SSi2. The molecule has 0 aliphatic carbocycles. The molecule has 1 fully saturated rings. The molecule has 52 heavy (non-hydrogen) atoms. The SMILES string of the molecule is CCC(O[Si](C)(C)C(C)(C)C)/C(C)=C/C(C(O)C(C)C(O[Si](CC)(CC)CC)[C@@H]1[C@@H](C)OC(C)(C)N1C(=O)OC(C)(C)C)S(=O)(=O)c1ccccc1. The van der Waals surface area contributed by atoms with Gasteiger partial charge in [0.25, 0.3) is 0 Å². The van der Waals surface area contributed by atoms with E-state index in [2.05, 4.69) is 54.6 Å². The highest BCUT2D eigenvalue weighted by atomic mass is 32.2. The van der Waals surface area contributed by atoms with E-state index in [1.807, 2.05) is 62.3 Å². The third kappa shape index (κ3) is 10.8. The van der Waals surface area contributed by atoms with Crippen LogP contribution in [0.1, 0.15) is 110 Å². The molecule has 0 spiro atoms. The first-order valence-electron chi connectivity index (χ1n) is 19.4. The number of carbonyl (C=O) groups excluding carboxylic acids is 1. The van der Waals surface area contributed by atoms with Crippen molar-refractivity contribution in [2.45, 2.75) is 198 Å². The molecule has 1 aliphatic rings. The standard InChI is InChI=1S/C40H73NO8SSi2/c1-18-32(48-51(16,17)39(11,12)13)28(5)27-33(50(44,45)31-25-23-22-24-26-31)35(42)29(6)36(49-52(19-2,20-3)21-4)34-30(7)46-40(14,15)41(34)37(43)47-38(8,9)10/h22-27,29-30,32-36,42H,18-21H2,1-17H3/b28-27+/t29?,30-,32?,33?,34+,35?,36?/m1/s1. The first-order chi connectivity index (χ1) is 23.6. The fourth-order valence-corrected chi connectivity index (χ4v) is 13.2. The van der Waals surface area contributed by atoms with Gasteiger partial charge in [-0.1, -0.05) is 79.7 Å². The van der Waals surface area contributed by atoms with Crippen molar-refractivity contribution < 1.29 is 36.6 Å². The number of aliphatic hydroxyl groups excluding tert-OH is 1. The number of sulfone groups is 1. The van der Waals surface area contributed by atoms with Crippen LogP contribution in [0, 0.1) is 5.92 Å². The second-order valence-corrected chi connectivity index (χ2v) is 29.4. The molecule has 9 nitrogen and oxygen atoms in total. The number of ether oxygens (including phenoxy) is 2. The summed E-state index contributed by atoms with van der Waals surface area (Å²) < 4.78 is 55.9. The summed E-state index contributed by atoms with van der Waals surface area (Å²) in [5.41, 5.74) is -1.05. The lowest BCUT2D eigenvalue weighted by Gasteiger charge is -2.45. The van der Waals surface area contributed by atoms with Crippen LogP contribution in [0.4, 0.5) is 4.79 Å². The first kappa shape index (κ1) is 46.6. The monoisotopic (exact) mass is 783 g/mol. The summed E-state index contributed by atoms with van der Waals surface area (Å²) >= 11 is 0. The van der Waals surface area contributed by atoms with Gasteiger partial charge in [0.2, 0.25) is 0 Å². The maximum atomic E-state index is 14.7. The fraction of sp³-hybridized carbons (Fsp3) is 0.775. The summed E-state index contributed by atoms with van der Waals surface area (Å²) in [6.45, 7) is 34.1. The lowest BCUT2D eigenvalue weighted by atomic mass is 9.87. The molecule has 12 heteroatoms. The Hall–Kier alpha value is -1.55. The van der Waals surface area contributed by atoms with Crippen LogP contribution in [0.3, 0.4) is 0 Å². The molecule has 1 aromatic rings. The van der Waals surface area contributed by atoms with E-state index in [1.165, 1.54) is 0 Å². The molecule has 0 bridgehead atoms. The molecule has 1 heterocycles. The Labute approximate surface area is 319 Å². The summed E-state index contributed by atoms with van der Waals surface area (Å²) in [5, 5.41) is 11.2. The van der Waals surface area contributed by atoms with Gasteiger partial charge < -0.3 is 23.4 Å². The van der Waals surface area contributed by atoms with E-state index in [1.54, 1.807) is 41.3 Å². The van der Waals surface area contributed by atoms with Gasteiger partial charge >= 0.3 is 6.09 Å². The molecule has 300 valence electrons. The quantitative estimate of drug-likeness (QED) is 0.130. The van der Waals surface area contributed by atoms with Crippen molar-refractivity contribution in [3.05, 3.63) is 42.0 Å². The molecular weight excluding hydrogens is 711 g/mol. The van der Waals surface area contributed by atoms with Gasteiger partial charge in [0.1, 0.15) is 16.6 Å². The second-order valence-electron chi connectivity index (χ2n) is 17.8. The van der Waals surface area contributed by atoms with E-state index < -0.39 is 79.4 Å². The predicted molar refractivity (Wildman–Crippen MR) is 217 cm³/mol. The van der Waals surface area contributed by atoms with E-state index >= 15 is 0 Å². The number of hydrogen-bond donors (Lipinski definition) is 1. The fourth-order valence-electron chi connectivity index (χ4n) is 7.02. The van der Waals surface area contributed by atoms with Gasteiger partial charge in [0.05, 0.1) is 35.4 Å². The Morgan fingerprint density at radius 2 is 1.52 bits per heavy atom. The molecule has 2 rings (SSSR count). The van der Waals surface area contributed by atoms with Gasteiger partial charge in [-0.2, -0.15) is 0 Å². The van der Waals surface area contributed by atoms with Crippen molar-refractivity contribution in [2.24, 2.45) is 5.92 Å². The summed E-state index contributed by atoms with van der Waals surface area (Å²) in [7, 11) is -8.75. The van der Waals surface area contributed by atoms with Crippen molar-refractivity contribution >= 4 is 32.6 Å². The molecule has 1 saturated heterocycles. The van der Waals surface area contributed by atoms with Crippen molar-refractivity contribution in [3.8, 4) is 0 Å². The van der Waals surface area contributed by atoms with Gasteiger partial charge in [0.15, 0.2) is 26.5 Å². The zero-order chi connectivity index (χ0) is 40.3. The summed E-state index contributed by atoms with van der Waals surface area (Å²) in [6.07, 6.45) is -1.19. The van der Waals surface area contributed by atoms with Gasteiger partial charge in [-0.25, -0.2) is 13.2 Å². The molecule has 1 aliphatic heterocycles. The van der Waals surface area contributed by atoms with E-state index in [0.717, 1.165) is 23.7 Å². The molecule has 1 amide bonds. The zero-order valence-electron chi connectivity index (χ0n) is 35.5. The summed E-state index contributed by atoms with van der Waals surface area (Å²) in [4.78, 5) is 15.8. The summed E-state index contributed by atoms with van der Waals surface area (Å²) in [6, 6.07) is 10.1. The van der Waals surface area contributed by atoms with Crippen molar-refractivity contribution in [1.29, 1.82) is 0 Å². The Bertz CT molecular complexity index is 1440. The highest BCUT2D eigenvalue weighted by molar-refractivity contribution is 7.92. The van der Waals surface area contributed by atoms with Crippen molar-refractivity contribution in [1.82, 2.24) is 4.90 Å². The number of nitrogens with zero attached hydrogens (tertiary/aromatic N) is 1. The largest absolute Gasteiger partial charge is 0.444 e. The molecule has 0 radical (unpaired) electrons. The van der Waals surface area contributed by atoms with E-state index in [-0.39, 0.29) is 16.0 Å². The second kappa shape index (κ2) is 17.5. The minimum absolute atomic E-state index is 0.0448. The van der Waals surface area contributed by atoms with Gasteiger partial charge in [-0.15, -0.1) is 0 Å². The molecule has 5 unspecified atom stereocenters. The normalized spacial score (nSPS) is 22.1. The van der Waals surface area contributed by atoms with E-state index in [0.29, 0.717) is 6.42 Å². The van der Waals surface area contributed by atoms with Crippen LogP contribution in [0.5, 0.6) is 0 Å². The van der Waals surface area contributed by atoms with Crippen molar-refractivity contribution in [3.63, 3.8) is 0 Å². The molecule has 0 aromatic heterocycles. The van der Waals surface area contributed by atoms with E-state index in [9.17, 15) is 18.3 Å². The number of amides is 1. The lowest BCUT2D eigenvalue weighted by Crippen LogP contribution is -2.60. The van der Waals surface area contributed by atoms with Gasteiger partial charge in [-0.05, 0) is 109 Å². The minimum Gasteiger partial charge on any atom is -0.444 e. The number of carbonyl (C=O) groups is 1. The first-order valence-corrected chi connectivity index (χ1v) is 26.3. The number of hydrogen-bond acceptors (Lipinski definition) is 8. The minimum atomic E-state index is -4.11. The molecule has 1 aromatic carbocycles. The zero-order valence-corrected chi connectivity index (χ0v) is 38.3. The Morgan fingerprint density at radius 1 is 1.00 bits per heavy atom. The van der Waals surface area contributed by atoms with Crippen LogP contribution in [-0.4, -0.2) is 88.2 Å². The van der Waals surface area contributed by atoms with E-state index in [4.69, 9.17) is 18.3 Å². The van der Waals surface area contributed by atoms with Gasteiger partial charge in [-0.3, -0.25) is 4.90 Å². The molecule has 0 saturated carbocycles. The van der Waals surface area contributed by atoms with Crippen LogP contribution in [-0.2, 0) is 28.2 Å². The maximum Gasteiger partial charge on any atom is 0.413 e. The van der Waals surface area contributed by atoms with Crippen LogP contribution in [0.25, 0.3) is 0 Å². The number of rotatable bonds is 16. The smallest absolute Gasteiger partial charge is 0.413 e. The van der Waals surface area contributed by atoms with Gasteiger partial charge in [0, 0.05) is 5.92 Å².